The van der Waals surface area contributed by atoms with Gasteiger partial charge in [-0.3, -0.25) is 4.79 Å². The van der Waals surface area contributed by atoms with Crippen LogP contribution in [0, 0.1) is 6.92 Å². The van der Waals surface area contributed by atoms with E-state index in [0.717, 1.165) is 4.88 Å². The second-order valence-electron chi connectivity index (χ2n) is 3.79. The Labute approximate surface area is 107 Å². The molecule has 0 unspecified atom stereocenters. The first-order chi connectivity index (χ1) is 7.40. The number of halogens is 1. The SMILES string of the molecule is Cc1sc(C(=O)O)c(C(C)C)c1C(=O)CBr. The number of rotatable bonds is 4. The zero-order chi connectivity index (χ0) is 12.5. The van der Waals surface area contributed by atoms with Crippen LogP contribution >= 0.6 is 27.3 Å². The number of aryl methyl sites for hydroxylation is 1. The Hall–Kier alpha value is -0.680. The molecule has 5 heteroatoms. The summed E-state index contributed by atoms with van der Waals surface area (Å²) in [6.07, 6.45) is 0. The summed E-state index contributed by atoms with van der Waals surface area (Å²) in [7, 11) is 0. The molecule has 1 aromatic rings. The van der Waals surface area contributed by atoms with Crippen LogP contribution < -0.4 is 0 Å². The number of thiophene rings is 1. The minimum atomic E-state index is -0.953. The van der Waals surface area contributed by atoms with Crippen molar-refractivity contribution in [3.63, 3.8) is 0 Å². The van der Waals surface area contributed by atoms with Crippen molar-refractivity contribution in [3.8, 4) is 0 Å². The van der Waals surface area contributed by atoms with E-state index < -0.39 is 5.97 Å². The molecule has 1 N–H and O–H groups in total. The van der Waals surface area contributed by atoms with Crippen molar-refractivity contribution >= 4 is 39.0 Å². The molecule has 0 atom stereocenters. The van der Waals surface area contributed by atoms with Gasteiger partial charge in [0.05, 0.1) is 5.33 Å². The highest BCUT2D eigenvalue weighted by Crippen LogP contribution is 2.34. The number of hydrogen-bond acceptors (Lipinski definition) is 3. The Bertz CT molecular complexity index is 435. The summed E-state index contributed by atoms with van der Waals surface area (Å²) < 4.78 is 0. The number of carboxylic acid groups (broad SMARTS) is 1. The maximum atomic E-state index is 11.8. The van der Waals surface area contributed by atoms with Crippen molar-refractivity contribution in [3.05, 3.63) is 20.9 Å². The van der Waals surface area contributed by atoms with Crippen LogP contribution in [0.3, 0.4) is 0 Å². The number of Topliss-reactive ketones (excluding diaryl/α,β-unsaturated/α-hetero) is 1. The van der Waals surface area contributed by atoms with Crippen LogP contribution in [0.1, 0.15) is 50.2 Å². The van der Waals surface area contributed by atoms with E-state index in [4.69, 9.17) is 5.11 Å². The molecule has 0 aromatic carbocycles. The van der Waals surface area contributed by atoms with E-state index in [1.165, 1.54) is 11.3 Å². The maximum absolute atomic E-state index is 11.8. The van der Waals surface area contributed by atoms with Gasteiger partial charge in [-0.2, -0.15) is 0 Å². The van der Waals surface area contributed by atoms with Gasteiger partial charge in [-0.15, -0.1) is 11.3 Å². The van der Waals surface area contributed by atoms with Crippen LogP contribution in [0.5, 0.6) is 0 Å². The normalized spacial score (nSPS) is 10.8. The molecular weight excluding hydrogens is 292 g/mol. The average molecular weight is 305 g/mol. The summed E-state index contributed by atoms with van der Waals surface area (Å²) in [4.78, 5) is 23.9. The number of hydrogen-bond donors (Lipinski definition) is 1. The van der Waals surface area contributed by atoms with Crippen molar-refractivity contribution in [2.24, 2.45) is 0 Å². The zero-order valence-electron chi connectivity index (χ0n) is 9.33. The lowest BCUT2D eigenvalue weighted by Crippen LogP contribution is -2.08. The van der Waals surface area contributed by atoms with Gasteiger partial charge in [-0.1, -0.05) is 29.8 Å². The topological polar surface area (TPSA) is 54.4 Å². The Morgan fingerprint density at radius 1 is 1.44 bits per heavy atom. The highest BCUT2D eigenvalue weighted by molar-refractivity contribution is 9.09. The van der Waals surface area contributed by atoms with Crippen LogP contribution in [0.25, 0.3) is 0 Å². The molecular formula is C11H13BrO3S. The molecule has 0 aliphatic rings. The van der Waals surface area contributed by atoms with Crippen LogP contribution in [-0.2, 0) is 0 Å². The number of aromatic carboxylic acids is 1. The van der Waals surface area contributed by atoms with Crippen LogP contribution in [-0.4, -0.2) is 22.2 Å². The number of carbonyl (C=O) groups excluding carboxylic acids is 1. The third-order valence-corrected chi connectivity index (χ3v) is 3.91. The van der Waals surface area contributed by atoms with Gasteiger partial charge in [0.15, 0.2) is 5.78 Å². The lowest BCUT2D eigenvalue weighted by Gasteiger charge is -2.08. The zero-order valence-corrected chi connectivity index (χ0v) is 11.7. The van der Waals surface area contributed by atoms with Gasteiger partial charge in [-0.05, 0) is 18.4 Å². The monoisotopic (exact) mass is 304 g/mol. The number of ketones is 1. The summed E-state index contributed by atoms with van der Waals surface area (Å²) >= 11 is 4.30. The number of carbonyl (C=O) groups is 2. The molecule has 0 aliphatic carbocycles. The summed E-state index contributed by atoms with van der Waals surface area (Å²) in [5.41, 5.74) is 1.24. The Morgan fingerprint density at radius 3 is 2.38 bits per heavy atom. The fourth-order valence-electron chi connectivity index (χ4n) is 1.69. The van der Waals surface area contributed by atoms with Gasteiger partial charge in [0, 0.05) is 10.4 Å². The highest BCUT2D eigenvalue weighted by atomic mass is 79.9. The van der Waals surface area contributed by atoms with Gasteiger partial charge in [-0.25, -0.2) is 4.79 Å². The van der Waals surface area contributed by atoms with Gasteiger partial charge >= 0.3 is 5.97 Å². The summed E-state index contributed by atoms with van der Waals surface area (Å²) in [5, 5.41) is 9.32. The minimum Gasteiger partial charge on any atom is -0.477 e. The van der Waals surface area contributed by atoms with E-state index in [1.807, 2.05) is 13.8 Å². The minimum absolute atomic E-state index is 0.0362. The molecule has 0 bridgehead atoms. The van der Waals surface area contributed by atoms with E-state index in [9.17, 15) is 9.59 Å². The van der Waals surface area contributed by atoms with Crippen molar-refractivity contribution in [2.75, 3.05) is 5.33 Å². The second kappa shape index (κ2) is 5.10. The van der Waals surface area contributed by atoms with Crippen LogP contribution in [0.4, 0.5) is 0 Å². The fourth-order valence-corrected chi connectivity index (χ4v) is 3.13. The molecule has 0 amide bonds. The Balaban J connectivity index is 3.47. The van der Waals surface area contributed by atoms with E-state index in [1.54, 1.807) is 6.92 Å². The molecule has 0 aliphatic heterocycles. The third-order valence-electron chi connectivity index (χ3n) is 2.29. The standard InChI is InChI=1S/C11H13BrO3S/c1-5(2)8-9(7(13)4-12)6(3)16-10(8)11(14)15/h5H,4H2,1-3H3,(H,14,15). The molecule has 3 nitrogen and oxygen atoms in total. The van der Waals surface area contributed by atoms with Gasteiger partial charge < -0.3 is 5.11 Å². The van der Waals surface area contributed by atoms with E-state index in [2.05, 4.69) is 15.9 Å². The summed E-state index contributed by atoms with van der Waals surface area (Å²) in [6.45, 7) is 5.59. The highest BCUT2D eigenvalue weighted by Gasteiger charge is 2.25. The molecule has 0 fully saturated rings. The first-order valence-corrected chi connectivity index (χ1v) is 6.79. The van der Waals surface area contributed by atoms with Crippen molar-refractivity contribution < 1.29 is 14.7 Å². The summed E-state index contributed by atoms with van der Waals surface area (Å²) in [6, 6.07) is 0. The Kier molecular flexibility index (Phi) is 4.27. The number of alkyl halides is 1. The van der Waals surface area contributed by atoms with Gasteiger partial charge in [0.25, 0.3) is 0 Å². The molecule has 0 saturated carbocycles. The maximum Gasteiger partial charge on any atom is 0.346 e. The van der Waals surface area contributed by atoms with Crippen molar-refractivity contribution in [1.82, 2.24) is 0 Å². The lowest BCUT2D eigenvalue weighted by atomic mass is 9.95. The second-order valence-corrected chi connectivity index (χ2v) is 5.58. The van der Waals surface area contributed by atoms with Crippen LogP contribution in [0.2, 0.25) is 0 Å². The van der Waals surface area contributed by atoms with Crippen molar-refractivity contribution in [1.29, 1.82) is 0 Å². The molecule has 1 rings (SSSR count). The molecule has 16 heavy (non-hydrogen) atoms. The number of carboxylic acids is 1. The van der Waals surface area contributed by atoms with Gasteiger partial charge in [0.2, 0.25) is 0 Å². The quantitative estimate of drug-likeness (QED) is 0.684. The average Bonchev–Trinajstić information content (AvgIpc) is 2.55. The van der Waals surface area contributed by atoms with Gasteiger partial charge in [0.1, 0.15) is 4.88 Å². The summed E-state index contributed by atoms with van der Waals surface area (Å²) in [5.74, 6) is -0.968. The fraction of sp³-hybridized carbons (Fsp3) is 0.455. The van der Waals surface area contributed by atoms with E-state index in [-0.39, 0.29) is 21.9 Å². The molecule has 1 heterocycles. The van der Waals surface area contributed by atoms with Crippen LogP contribution in [0.15, 0.2) is 0 Å². The molecule has 1 aromatic heterocycles. The van der Waals surface area contributed by atoms with E-state index >= 15 is 0 Å². The molecule has 0 radical (unpaired) electrons. The molecule has 0 saturated heterocycles. The molecule has 88 valence electrons. The smallest absolute Gasteiger partial charge is 0.346 e. The largest absolute Gasteiger partial charge is 0.477 e. The third kappa shape index (κ3) is 2.35. The first kappa shape index (κ1) is 13.4. The predicted octanol–water partition coefficient (Wildman–Crippen LogP) is 3.46. The predicted molar refractivity (Wildman–Crippen MR) is 68.2 cm³/mol. The first-order valence-electron chi connectivity index (χ1n) is 4.85. The van der Waals surface area contributed by atoms with Crippen molar-refractivity contribution in [2.45, 2.75) is 26.7 Å². The lowest BCUT2D eigenvalue weighted by molar-refractivity contribution is 0.0700. The molecule has 0 spiro atoms. The Morgan fingerprint density at radius 2 is 2.00 bits per heavy atom. The van der Waals surface area contributed by atoms with E-state index in [0.29, 0.717) is 11.1 Å².